The minimum absolute atomic E-state index is 0.546. The van der Waals surface area contributed by atoms with Crippen molar-refractivity contribution in [3.8, 4) is 0 Å². The van der Waals surface area contributed by atoms with Crippen LogP contribution in [0.1, 0.15) is 51.9 Å². The largest absolute Gasteiger partial charge is 0.307 e. The van der Waals surface area contributed by atoms with Gasteiger partial charge in [0.2, 0.25) is 0 Å². The molecule has 16 heavy (non-hydrogen) atoms. The Morgan fingerprint density at radius 2 is 2.19 bits per heavy atom. The summed E-state index contributed by atoms with van der Waals surface area (Å²) in [6.45, 7) is 7.47. The zero-order valence-corrected chi connectivity index (χ0v) is 10.3. The van der Waals surface area contributed by atoms with Crippen LogP contribution < -0.4 is 5.32 Å². The summed E-state index contributed by atoms with van der Waals surface area (Å²) in [7, 11) is 0. The summed E-state index contributed by atoms with van der Waals surface area (Å²) >= 11 is 0. The van der Waals surface area contributed by atoms with Gasteiger partial charge in [0.25, 0.3) is 0 Å². The van der Waals surface area contributed by atoms with E-state index in [2.05, 4.69) is 41.6 Å². The summed E-state index contributed by atoms with van der Waals surface area (Å²) in [5, 5.41) is 15.4. The van der Waals surface area contributed by atoms with Gasteiger partial charge in [-0.2, -0.15) is 0 Å². The Balaban J connectivity index is 1.90. The SMILES string of the molecule is CCC(NCc1nnnn1C1CC1)C(C)C. The minimum atomic E-state index is 0.546. The number of tetrazole rings is 1. The van der Waals surface area contributed by atoms with Crippen LogP contribution in [0.2, 0.25) is 0 Å². The van der Waals surface area contributed by atoms with Crippen LogP contribution in [-0.4, -0.2) is 26.2 Å². The van der Waals surface area contributed by atoms with E-state index in [1.807, 2.05) is 4.68 Å². The Hall–Kier alpha value is -0.970. The first-order valence-electron chi connectivity index (χ1n) is 6.22. The van der Waals surface area contributed by atoms with E-state index < -0.39 is 0 Å². The molecule has 0 bridgehead atoms. The van der Waals surface area contributed by atoms with Crippen LogP contribution in [0.4, 0.5) is 0 Å². The predicted octanol–water partition coefficient (Wildman–Crippen LogP) is 1.53. The molecule has 0 aliphatic heterocycles. The van der Waals surface area contributed by atoms with Crippen molar-refractivity contribution in [1.29, 1.82) is 0 Å². The predicted molar refractivity (Wildman–Crippen MR) is 61.8 cm³/mol. The van der Waals surface area contributed by atoms with Gasteiger partial charge in [0.05, 0.1) is 12.6 Å². The lowest BCUT2D eigenvalue weighted by molar-refractivity contribution is 0.378. The Kier molecular flexibility index (Phi) is 3.53. The van der Waals surface area contributed by atoms with Crippen molar-refractivity contribution in [3.63, 3.8) is 0 Å². The summed E-state index contributed by atoms with van der Waals surface area (Å²) in [6, 6.07) is 1.11. The van der Waals surface area contributed by atoms with Crippen molar-refractivity contribution in [3.05, 3.63) is 5.82 Å². The van der Waals surface area contributed by atoms with Crippen LogP contribution in [0.25, 0.3) is 0 Å². The highest BCUT2D eigenvalue weighted by molar-refractivity contribution is 4.90. The molecular formula is C11H21N5. The van der Waals surface area contributed by atoms with Gasteiger partial charge in [-0.05, 0) is 35.6 Å². The fraction of sp³-hybridized carbons (Fsp3) is 0.909. The van der Waals surface area contributed by atoms with E-state index in [9.17, 15) is 0 Å². The second-order valence-electron chi connectivity index (χ2n) is 4.91. The van der Waals surface area contributed by atoms with Crippen LogP contribution in [0.3, 0.4) is 0 Å². The first kappa shape index (κ1) is 11.5. The molecule has 0 aromatic carbocycles. The molecule has 1 aliphatic rings. The second kappa shape index (κ2) is 4.91. The third-order valence-electron chi connectivity index (χ3n) is 3.22. The van der Waals surface area contributed by atoms with E-state index in [-0.39, 0.29) is 0 Å². The van der Waals surface area contributed by atoms with Gasteiger partial charge in [0.1, 0.15) is 0 Å². The summed E-state index contributed by atoms with van der Waals surface area (Å²) in [6.07, 6.45) is 3.58. The van der Waals surface area contributed by atoms with E-state index in [4.69, 9.17) is 0 Å². The molecule has 1 aromatic heterocycles. The monoisotopic (exact) mass is 223 g/mol. The maximum absolute atomic E-state index is 4.08. The number of nitrogens with one attached hydrogen (secondary N) is 1. The highest BCUT2D eigenvalue weighted by Crippen LogP contribution is 2.34. The lowest BCUT2D eigenvalue weighted by Gasteiger charge is -2.20. The van der Waals surface area contributed by atoms with Gasteiger partial charge in [0.15, 0.2) is 5.82 Å². The van der Waals surface area contributed by atoms with Crippen molar-refractivity contribution in [2.45, 2.75) is 58.7 Å². The Morgan fingerprint density at radius 3 is 2.75 bits per heavy atom. The van der Waals surface area contributed by atoms with Gasteiger partial charge in [-0.15, -0.1) is 5.10 Å². The number of aromatic nitrogens is 4. The molecule has 1 fully saturated rings. The van der Waals surface area contributed by atoms with Gasteiger partial charge in [-0.3, -0.25) is 0 Å². The fourth-order valence-corrected chi connectivity index (χ4v) is 2.01. The second-order valence-corrected chi connectivity index (χ2v) is 4.91. The lowest BCUT2D eigenvalue weighted by Crippen LogP contribution is -2.33. The van der Waals surface area contributed by atoms with E-state index in [0.29, 0.717) is 18.0 Å². The normalized spacial score (nSPS) is 18.0. The average Bonchev–Trinajstić information content (AvgIpc) is 2.99. The molecule has 0 amide bonds. The van der Waals surface area contributed by atoms with Crippen molar-refractivity contribution in [2.75, 3.05) is 0 Å². The highest BCUT2D eigenvalue weighted by atomic mass is 15.6. The molecule has 0 spiro atoms. The highest BCUT2D eigenvalue weighted by Gasteiger charge is 2.27. The third kappa shape index (κ3) is 2.58. The van der Waals surface area contributed by atoms with Crippen molar-refractivity contribution in [2.24, 2.45) is 5.92 Å². The molecule has 1 unspecified atom stereocenters. The van der Waals surface area contributed by atoms with Gasteiger partial charge >= 0.3 is 0 Å². The first-order chi connectivity index (χ1) is 7.72. The molecule has 1 heterocycles. The molecule has 0 saturated heterocycles. The number of hydrogen-bond donors (Lipinski definition) is 1. The van der Waals surface area contributed by atoms with Gasteiger partial charge in [-0.1, -0.05) is 20.8 Å². The van der Waals surface area contributed by atoms with Crippen LogP contribution >= 0.6 is 0 Å². The topological polar surface area (TPSA) is 55.6 Å². The van der Waals surface area contributed by atoms with Gasteiger partial charge in [-0.25, -0.2) is 4.68 Å². The van der Waals surface area contributed by atoms with Crippen LogP contribution in [0.5, 0.6) is 0 Å². The fourth-order valence-electron chi connectivity index (χ4n) is 2.01. The smallest absolute Gasteiger partial charge is 0.165 e. The molecule has 90 valence electrons. The van der Waals surface area contributed by atoms with Crippen molar-refractivity contribution in [1.82, 2.24) is 25.5 Å². The molecule has 5 heteroatoms. The quantitative estimate of drug-likeness (QED) is 0.794. The molecule has 1 saturated carbocycles. The maximum Gasteiger partial charge on any atom is 0.165 e. The first-order valence-corrected chi connectivity index (χ1v) is 6.22. The molecule has 1 aromatic rings. The van der Waals surface area contributed by atoms with Gasteiger partial charge < -0.3 is 5.32 Å². The summed E-state index contributed by atoms with van der Waals surface area (Å²) < 4.78 is 1.97. The summed E-state index contributed by atoms with van der Waals surface area (Å²) in [4.78, 5) is 0. The summed E-state index contributed by atoms with van der Waals surface area (Å²) in [5.74, 6) is 1.62. The number of rotatable bonds is 6. The van der Waals surface area contributed by atoms with E-state index in [1.54, 1.807) is 0 Å². The van der Waals surface area contributed by atoms with Crippen LogP contribution in [0.15, 0.2) is 0 Å². The standard InChI is InChI=1S/C11H21N5/c1-4-10(8(2)3)12-7-11-13-14-15-16(11)9-5-6-9/h8-10,12H,4-7H2,1-3H3. The van der Waals surface area contributed by atoms with Crippen molar-refractivity contribution < 1.29 is 0 Å². The van der Waals surface area contributed by atoms with E-state index in [1.165, 1.54) is 12.8 Å². The zero-order chi connectivity index (χ0) is 11.5. The Bertz CT molecular complexity index is 329. The maximum atomic E-state index is 4.08. The molecule has 2 rings (SSSR count). The molecule has 1 atom stereocenters. The summed E-state index contributed by atoms with van der Waals surface area (Å²) in [5.41, 5.74) is 0. The zero-order valence-electron chi connectivity index (χ0n) is 10.3. The van der Waals surface area contributed by atoms with Crippen LogP contribution in [-0.2, 0) is 6.54 Å². The van der Waals surface area contributed by atoms with E-state index in [0.717, 1.165) is 18.8 Å². The molecule has 1 aliphatic carbocycles. The minimum Gasteiger partial charge on any atom is -0.307 e. The average molecular weight is 223 g/mol. The number of nitrogens with zero attached hydrogens (tertiary/aromatic N) is 4. The molecular weight excluding hydrogens is 202 g/mol. The molecule has 1 N–H and O–H groups in total. The van der Waals surface area contributed by atoms with Crippen LogP contribution in [0, 0.1) is 5.92 Å². The molecule has 0 radical (unpaired) electrons. The Labute approximate surface area is 96.6 Å². The van der Waals surface area contributed by atoms with Gasteiger partial charge in [0, 0.05) is 6.04 Å². The Morgan fingerprint density at radius 1 is 1.44 bits per heavy atom. The lowest BCUT2D eigenvalue weighted by atomic mass is 10.0. The third-order valence-corrected chi connectivity index (χ3v) is 3.22. The number of hydrogen-bond acceptors (Lipinski definition) is 4. The van der Waals surface area contributed by atoms with E-state index >= 15 is 0 Å². The molecule has 5 nitrogen and oxygen atoms in total. The van der Waals surface area contributed by atoms with Crippen molar-refractivity contribution >= 4 is 0 Å².